The SMILES string of the molecule is CC(=O)Nc1cccc(CNC(=O)CNC(=O)CNC(=O)c2ccc(Cl)cc2Cl)c1. The van der Waals surface area contributed by atoms with Crippen molar-refractivity contribution < 1.29 is 19.2 Å². The minimum atomic E-state index is -0.532. The highest BCUT2D eigenvalue weighted by Gasteiger charge is 2.12. The molecular formula is C20H20Cl2N4O4. The van der Waals surface area contributed by atoms with E-state index in [-0.39, 0.29) is 36.1 Å². The second-order valence-electron chi connectivity index (χ2n) is 6.24. The number of amides is 4. The van der Waals surface area contributed by atoms with Crippen molar-refractivity contribution in [2.24, 2.45) is 0 Å². The normalized spacial score (nSPS) is 10.1. The van der Waals surface area contributed by atoms with E-state index in [2.05, 4.69) is 21.3 Å². The van der Waals surface area contributed by atoms with E-state index in [1.54, 1.807) is 24.3 Å². The minimum absolute atomic E-state index is 0.169. The van der Waals surface area contributed by atoms with Crippen molar-refractivity contribution in [2.45, 2.75) is 13.5 Å². The van der Waals surface area contributed by atoms with E-state index in [4.69, 9.17) is 23.2 Å². The van der Waals surface area contributed by atoms with Crippen LogP contribution < -0.4 is 21.3 Å². The van der Waals surface area contributed by atoms with Gasteiger partial charge >= 0.3 is 0 Å². The number of benzene rings is 2. The summed E-state index contributed by atoms with van der Waals surface area (Å²) >= 11 is 11.7. The molecule has 0 atom stereocenters. The molecule has 158 valence electrons. The maximum absolute atomic E-state index is 12.0. The quantitative estimate of drug-likeness (QED) is 0.492. The number of carbonyl (C=O) groups excluding carboxylic acids is 4. The molecule has 0 unspecified atom stereocenters. The number of rotatable bonds is 8. The van der Waals surface area contributed by atoms with Gasteiger partial charge in [-0.25, -0.2) is 0 Å². The first kappa shape index (κ1) is 23.2. The summed E-state index contributed by atoms with van der Waals surface area (Å²) in [7, 11) is 0. The zero-order chi connectivity index (χ0) is 22.1. The average molecular weight is 451 g/mol. The van der Waals surface area contributed by atoms with Crippen molar-refractivity contribution in [2.75, 3.05) is 18.4 Å². The van der Waals surface area contributed by atoms with Gasteiger partial charge in [0.15, 0.2) is 0 Å². The molecule has 0 spiro atoms. The fraction of sp³-hybridized carbons (Fsp3) is 0.200. The molecule has 2 rings (SSSR count). The molecule has 0 aromatic heterocycles. The number of carbonyl (C=O) groups is 4. The van der Waals surface area contributed by atoms with Crippen LogP contribution >= 0.6 is 23.2 Å². The zero-order valence-electron chi connectivity index (χ0n) is 16.1. The lowest BCUT2D eigenvalue weighted by atomic mass is 10.2. The highest BCUT2D eigenvalue weighted by molar-refractivity contribution is 6.36. The largest absolute Gasteiger partial charge is 0.350 e. The van der Waals surface area contributed by atoms with Gasteiger partial charge in [-0.15, -0.1) is 0 Å². The first-order chi connectivity index (χ1) is 14.2. The number of hydrogen-bond donors (Lipinski definition) is 4. The van der Waals surface area contributed by atoms with Crippen LogP contribution in [0.5, 0.6) is 0 Å². The average Bonchev–Trinajstić information content (AvgIpc) is 2.68. The molecule has 0 saturated carbocycles. The summed E-state index contributed by atoms with van der Waals surface area (Å²) in [6.45, 7) is 1.07. The molecule has 0 aliphatic carbocycles. The lowest BCUT2D eigenvalue weighted by Gasteiger charge is -2.10. The number of nitrogens with one attached hydrogen (secondary N) is 4. The van der Waals surface area contributed by atoms with Crippen LogP contribution in [0.2, 0.25) is 10.0 Å². The first-order valence-corrected chi connectivity index (χ1v) is 9.63. The Morgan fingerprint density at radius 3 is 2.27 bits per heavy atom. The van der Waals surface area contributed by atoms with E-state index < -0.39 is 17.7 Å². The summed E-state index contributed by atoms with van der Waals surface area (Å²) in [4.78, 5) is 46.9. The second-order valence-corrected chi connectivity index (χ2v) is 7.09. The Balaban J connectivity index is 1.72. The molecule has 10 heteroatoms. The predicted molar refractivity (Wildman–Crippen MR) is 114 cm³/mol. The van der Waals surface area contributed by atoms with Crippen LogP contribution in [0.15, 0.2) is 42.5 Å². The van der Waals surface area contributed by atoms with Gasteiger partial charge < -0.3 is 21.3 Å². The van der Waals surface area contributed by atoms with Crippen molar-refractivity contribution in [3.8, 4) is 0 Å². The smallest absolute Gasteiger partial charge is 0.253 e. The lowest BCUT2D eigenvalue weighted by Crippen LogP contribution is -2.41. The zero-order valence-corrected chi connectivity index (χ0v) is 17.6. The Kier molecular flexibility index (Phi) is 8.64. The molecule has 0 aliphatic heterocycles. The molecule has 0 bridgehead atoms. The Morgan fingerprint density at radius 1 is 0.867 bits per heavy atom. The van der Waals surface area contributed by atoms with Gasteiger partial charge in [0.1, 0.15) is 0 Å². The van der Waals surface area contributed by atoms with Crippen LogP contribution in [0, 0.1) is 0 Å². The number of hydrogen-bond acceptors (Lipinski definition) is 4. The standard InChI is InChI=1S/C20H20Cl2N4O4/c1-12(27)26-15-4-2-3-13(7-15)9-23-18(28)10-24-19(29)11-25-20(30)16-6-5-14(21)8-17(16)22/h2-8H,9-11H2,1H3,(H,23,28)(H,24,29)(H,25,30)(H,26,27). The third-order valence-corrected chi connectivity index (χ3v) is 4.32. The molecule has 8 nitrogen and oxygen atoms in total. The third kappa shape index (κ3) is 7.73. The van der Waals surface area contributed by atoms with Crippen LogP contribution in [-0.4, -0.2) is 36.7 Å². The fourth-order valence-electron chi connectivity index (χ4n) is 2.40. The van der Waals surface area contributed by atoms with Gasteiger partial charge in [-0.1, -0.05) is 35.3 Å². The predicted octanol–water partition coefficient (Wildman–Crippen LogP) is 2.11. The topological polar surface area (TPSA) is 116 Å². The first-order valence-electron chi connectivity index (χ1n) is 8.88. The van der Waals surface area contributed by atoms with Crippen LogP contribution in [0.1, 0.15) is 22.8 Å². The molecule has 0 saturated heterocycles. The van der Waals surface area contributed by atoms with Crippen LogP contribution in [0.3, 0.4) is 0 Å². The van der Waals surface area contributed by atoms with E-state index in [1.165, 1.54) is 25.1 Å². The number of halogens is 2. The molecule has 0 radical (unpaired) electrons. The minimum Gasteiger partial charge on any atom is -0.350 e. The molecule has 0 heterocycles. The van der Waals surface area contributed by atoms with Crippen LogP contribution in [-0.2, 0) is 20.9 Å². The van der Waals surface area contributed by atoms with Gasteiger partial charge in [0, 0.05) is 24.2 Å². The summed E-state index contributed by atoms with van der Waals surface area (Å²) in [6.07, 6.45) is 0. The Labute approximate surface area is 183 Å². The third-order valence-electron chi connectivity index (χ3n) is 3.77. The van der Waals surface area contributed by atoms with Gasteiger partial charge in [0.05, 0.1) is 23.7 Å². The van der Waals surface area contributed by atoms with E-state index in [0.717, 1.165) is 5.56 Å². The molecule has 2 aromatic rings. The van der Waals surface area contributed by atoms with E-state index in [0.29, 0.717) is 10.7 Å². The second kappa shape index (κ2) is 11.2. The lowest BCUT2D eigenvalue weighted by molar-refractivity contribution is -0.125. The van der Waals surface area contributed by atoms with Crippen molar-refractivity contribution >= 4 is 52.5 Å². The van der Waals surface area contributed by atoms with Crippen molar-refractivity contribution in [3.63, 3.8) is 0 Å². The van der Waals surface area contributed by atoms with Crippen molar-refractivity contribution in [1.29, 1.82) is 0 Å². The Morgan fingerprint density at radius 2 is 1.57 bits per heavy atom. The maximum Gasteiger partial charge on any atom is 0.253 e. The highest BCUT2D eigenvalue weighted by Crippen LogP contribution is 2.20. The van der Waals surface area contributed by atoms with Gasteiger partial charge in [0.25, 0.3) is 5.91 Å². The molecule has 0 aliphatic rings. The molecule has 4 N–H and O–H groups in total. The Bertz CT molecular complexity index is 966. The van der Waals surface area contributed by atoms with E-state index in [1.807, 2.05) is 0 Å². The highest BCUT2D eigenvalue weighted by atomic mass is 35.5. The van der Waals surface area contributed by atoms with Crippen LogP contribution in [0.25, 0.3) is 0 Å². The Hall–Kier alpha value is -3.10. The summed E-state index contributed by atoms with van der Waals surface area (Å²) in [6, 6.07) is 11.4. The van der Waals surface area contributed by atoms with Gasteiger partial charge in [0.2, 0.25) is 17.7 Å². The number of anilines is 1. The van der Waals surface area contributed by atoms with Crippen molar-refractivity contribution in [1.82, 2.24) is 16.0 Å². The molecule has 30 heavy (non-hydrogen) atoms. The monoisotopic (exact) mass is 450 g/mol. The summed E-state index contributed by atoms with van der Waals surface area (Å²) < 4.78 is 0. The molecule has 2 aromatic carbocycles. The maximum atomic E-state index is 12.0. The van der Waals surface area contributed by atoms with Crippen LogP contribution in [0.4, 0.5) is 5.69 Å². The van der Waals surface area contributed by atoms with Gasteiger partial charge in [-0.05, 0) is 35.9 Å². The summed E-state index contributed by atoms with van der Waals surface area (Å²) in [5.74, 6) is -1.66. The summed E-state index contributed by atoms with van der Waals surface area (Å²) in [5, 5.41) is 10.7. The molecule has 4 amide bonds. The van der Waals surface area contributed by atoms with E-state index >= 15 is 0 Å². The van der Waals surface area contributed by atoms with Gasteiger partial charge in [-0.2, -0.15) is 0 Å². The molecule has 0 fully saturated rings. The fourth-order valence-corrected chi connectivity index (χ4v) is 2.89. The summed E-state index contributed by atoms with van der Waals surface area (Å²) in [5.41, 5.74) is 1.60. The van der Waals surface area contributed by atoms with Gasteiger partial charge in [-0.3, -0.25) is 19.2 Å². The van der Waals surface area contributed by atoms with Crippen molar-refractivity contribution in [3.05, 3.63) is 63.6 Å². The molecular weight excluding hydrogens is 431 g/mol. The van der Waals surface area contributed by atoms with E-state index in [9.17, 15) is 19.2 Å².